The molecule has 104 valence electrons. The third-order valence-corrected chi connectivity index (χ3v) is 3.58. The molecule has 0 aromatic carbocycles. The van der Waals surface area contributed by atoms with E-state index in [4.69, 9.17) is 10.5 Å². The molecule has 1 amide bonds. The number of primary amides is 1. The maximum Gasteiger partial charge on any atom is 0.252 e. The highest BCUT2D eigenvalue weighted by atomic mass is 16.5. The summed E-state index contributed by atoms with van der Waals surface area (Å²) in [5, 5.41) is 0. The number of carbonyl (C=O) groups excluding carboxylic acids is 1. The first kappa shape index (κ1) is 13.8. The molecule has 0 atom stereocenters. The van der Waals surface area contributed by atoms with Gasteiger partial charge in [-0.1, -0.05) is 0 Å². The Morgan fingerprint density at radius 1 is 1.53 bits per heavy atom. The summed E-state index contributed by atoms with van der Waals surface area (Å²) >= 11 is 0. The van der Waals surface area contributed by atoms with Crippen LogP contribution in [0.15, 0.2) is 18.5 Å². The van der Waals surface area contributed by atoms with Crippen molar-refractivity contribution in [2.75, 3.05) is 31.2 Å². The second-order valence-corrected chi connectivity index (χ2v) is 4.85. The van der Waals surface area contributed by atoms with Crippen molar-refractivity contribution in [1.29, 1.82) is 0 Å². The lowest BCUT2D eigenvalue weighted by atomic mass is 9.97. The molecule has 1 aromatic heterocycles. The molecule has 0 bridgehead atoms. The van der Waals surface area contributed by atoms with Crippen LogP contribution in [-0.4, -0.2) is 37.2 Å². The van der Waals surface area contributed by atoms with Crippen LogP contribution in [0.4, 0.5) is 5.69 Å². The van der Waals surface area contributed by atoms with Crippen LogP contribution in [-0.2, 0) is 4.74 Å². The SMILES string of the molecule is CCOCC1CCN(c2ccncc2C(N)=O)CC1. The number of hydrogen-bond donors (Lipinski definition) is 1. The molecule has 5 nitrogen and oxygen atoms in total. The van der Waals surface area contributed by atoms with Gasteiger partial charge in [-0.3, -0.25) is 9.78 Å². The van der Waals surface area contributed by atoms with E-state index in [0.717, 1.165) is 44.8 Å². The molecule has 1 saturated heterocycles. The Morgan fingerprint density at radius 2 is 2.26 bits per heavy atom. The van der Waals surface area contributed by atoms with Crippen molar-refractivity contribution in [1.82, 2.24) is 4.98 Å². The minimum absolute atomic E-state index is 0.417. The molecule has 1 aromatic rings. The van der Waals surface area contributed by atoms with E-state index in [9.17, 15) is 4.79 Å². The summed E-state index contributed by atoms with van der Waals surface area (Å²) in [6, 6.07) is 1.86. The van der Waals surface area contributed by atoms with E-state index in [2.05, 4.69) is 9.88 Å². The first-order chi connectivity index (χ1) is 9.22. The molecule has 2 N–H and O–H groups in total. The summed E-state index contributed by atoms with van der Waals surface area (Å²) < 4.78 is 5.47. The predicted octanol–water partition coefficient (Wildman–Crippen LogP) is 1.43. The van der Waals surface area contributed by atoms with Gasteiger partial charge < -0.3 is 15.4 Å². The van der Waals surface area contributed by atoms with Crippen LogP contribution in [0.2, 0.25) is 0 Å². The molecular weight excluding hydrogens is 242 g/mol. The zero-order valence-electron chi connectivity index (χ0n) is 11.3. The van der Waals surface area contributed by atoms with E-state index >= 15 is 0 Å². The minimum atomic E-state index is -0.417. The lowest BCUT2D eigenvalue weighted by Gasteiger charge is -2.34. The van der Waals surface area contributed by atoms with Crippen molar-refractivity contribution in [2.45, 2.75) is 19.8 Å². The average Bonchev–Trinajstić information content (AvgIpc) is 2.45. The molecular formula is C14H21N3O2. The van der Waals surface area contributed by atoms with Crippen LogP contribution in [0.1, 0.15) is 30.1 Å². The number of nitrogens with two attached hydrogens (primary N) is 1. The Labute approximate surface area is 113 Å². The van der Waals surface area contributed by atoms with Gasteiger partial charge in [-0.15, -0.1) is 0 Å². The van der Waals surface area contributed by atoms with Gasteiger partial charge in [0.1, 0.15) is 0 Å². The lowest BCUT2D eigenvalue weighted by Crippen LogP contribution is -2.36. The van der Waals surface area contributed by atoms with E-state index in [0.29, 0.717) is 11.5 Å². The van der Waals surface area contributed by atoms with Gasteiger partial charge >= 0.3 is 0 Å². The summed E-state index contributed by atoms with van der Waals surface area (Å²) in [7, 11) is 0. The van der Waals surface area contributed by atoms with Gasteiger partial charge in [0.2, 0.25) is 0 Å². The maximum absolute atomic E-state index is 11.4. The molecule has 0 aliphatic carbocycles. The predicted molar refractivity (Wildman–Crippen MR) is 74.2 cm³/mol. The highest BCUT2D eigenvalue weighted by Gasteiger charge is 2.22. The van der Waals surface area contributed by atoms with Crippen molar-refractivity contribution < 1.29 is 9.53 Å². The number of pyridine rings is 1. The monoisotopic (exact) mass is 263 g/mol. The Hall–Kier alpha value is -1.62. The molecule has 0 saturated carbocycles. The summed E-state index contributed by atoms with van der Waals surface area (Å²) in [6.45, 7) is 5.50. The quantitative estimate of drug-likeness (QED) is 0.872. The fourth-order valence-electron chi connectivity index (χ4n) is 2.48. The number of carbonyl (C=O) groups is 1. The average molecular weight is 263 g/mol. The van der Waals surface area contributed by atoms with Crippen molar-refractivity contribution >= 4 is 11.6 Å². The number of amides is 1. The molecule has 1 fully saturated rings. The molecule has 5 heteroatoms. The molecule has 1 aliphatic heterocycles. The maximum atomic E-state index is 11.4. The summed E-state index contributed by atoms with van der Waals surface area (Å²) in [4.78, 5) is 17.6. The smallest absolute Gasteiger partial charge is 0.252 e. The molecule has 0 radical (unpaired) electrons. The second kappa shape index (κ2) is 6.52. The van der Waals surface area contributed by atoms with Gasteiger partial charge in [-0.05, 0) is 31.7 Å². The number of hydrogen-bond acceptors (Lipinski definition) is 4. The first-order valence-electron chi connectivity index (χ1n) is 6.79. The van der Waals surface area contributed by atoms with Crippen molar-refractivity contribution in [3.05, 3.63) is 24.0 Å². The van der Waals surface area contributed by atoms with Crippen LogP contribution in [0.3, 0.4) is 0 Å². The normalized spacial score (nSPS) is 16.6. The van der Waals surface area contributed by atoms with Crippen LogP contribution in [0, 0.1) is 5.92 Å². The highest BCUT2D eigenvalue weighted by molar-refractivity contribution is 5.98. The van der Waals surface area contributed by atoms with Crippen LogP contribution in [0.25, 0.3) is 0 Å². The first-order valence-corrected chi connectivity index (χ1v) is 6.79. The number of piperidine rings is 1. The molecule has 0 spiro atoms. The van der Waals surface area contributed by atoms with E-state index in [-0.39, 0.29) is 0 Å². The van der Waals surface area contributed by atoms with Gasteiger partial charge in [0.05, 0.1) is 11.3 Å². The molecule has 0 unspecified atom stereocenters. The molecule has 1 aliphatic rings. The zero-order chi connectivity index (χ0) is 13.7. The van der Waals surface area contributed by atoms with E-state index < -0.39 is 5.91 Å². The van der Waals surface area contributed by atoms with Crippen LogP contribution in [0.5, 0.6) is 0 Å². The Balaban J connectivity index is 2.00. The van der Waals surface area contributed by atoms with Gasteiger partial charge in [0.25, 0.3) is 5.91 Å². The minimum Gasteiger partial charge on any atom is -0.381 e. The molecule has 2 rings (SSSR count). The molecule has 2 heterocycles. The number of aromatic nitrogens is 1. The van der Waals surface area contributed by atoms with Crippen LogP contribution < -0.4 is 10.6 Å². The number of anilines is 1. The van der Waals surface area contributed by atoms with E-state index in [1.165, 1.54) is 0 Å². The van der Waals surface area contributed by atoms with Gasteiger partial charge in [0.15, 0.2) is 0 Å². The third kappa shape index (κ3) is 3.44. The summed E-state index contributed by atoms with van der Waals surface area (Å²) in [6.07, 6.45) is 5.42. The highest BCUT2D eigenvalue weighted by Crippen LogP contribution is 2.25. The van der Waals surface area contributed by atoms with Crippen molar-refractivity contribution in [3.63, 3.8) is 0 Å². The van der Waals surface area contributed by atoms with Gasteiger partial charge in [-0.2, -0.15) is 0 Å². The zero-order valence-corrected chi connectivity index (χ0v) is 11.3. The third-order valence-electron chi connectivity index (χ3n) is 3.58. The fraction of sp³-hybridized carbons (Fsp3) is 0.571. The van der Waals surface area contributed by atoms with Crippen LogP contribution >= 0.6 is 0 Å². The Bertz CT molecular complexity index is 428. The van der Waals surface area contributed by atoms with E-state index in [1.807, 2.05) is 13.0 Å². The van der Waals surface area contributed by atoms with Crippen molar-refractivity contribution in [3.8, 4) is 0 Å². The number of ether oxygens (including phenoxy) is 1. The standard InChI is InChI=1S/C14H21N3O2/c1-2-19-10-11-4-7-17(8-5-11)13-3-6-16-9-12(13)14(15)18/h3,6,9,11H,2,4-5,7-8,10H2,1H3,(H2,15,18). The summed E-state index contributed by atoms with van der Waals surface area (Å²) in [5.41, 5.74) is 6.79. The lowest BCUT2D eigenvalue weighted by molar-refractivity contribution is 0.0991. The number of rotatable bonds is 5. The Morgan fingerprint density at radius 3 is 2.89 bits per heavy atom. The topological polar surface area (TPSA) is 68.4 Å². The van der Waals surface area contributed by atoms with Crippen molar-refractivity contribution in [2.24, 2.45) is 11.7 Å². The Kier molecular flexibility index (Phi) is 4.74. The molecule has 19 heavy (non-hydrogen) atoms. The van der Waals surface area contributed by atoms with E-state index in [1.54, 1.807) is 12.4 Å². The second-order valence-electron chi connectivity index (χ2n) is 4.85. The number of nitrogens with zero attached hydrogens (tertiary/aromatic N) is 2. The fourth-order valence-corrected chi connectivity index (χ4v) is 2.48. The van der Waals surface area contributed by atoms with Gasteiger partial charge in [-0.25, -0.2) is 0 Å². The van der Waals surface area contributed by atoms with Gasteiger partial charge in [0, 0.05) is 38.7 Å². The summed E-state index contributed by atoms with van der Waals surface area (Å²) in [5.74, 6) is 0.203. The largest absolute Gasteiger partial charge is 0.381 e.